The topological polar surface area (TPSA) is 96.8 Å². The summed E-state index contributed by atoms with van der Waals surface area (Å²) >= 11 is 10.6. The van der Waals surface area contributed by atoms with Gasteiger partial charge in [-0.05, 0) is 59.1 Å². The van der Waals surface area contributed by atoms with Crippen molar-refractivity contribution in [2.45, 2.75) is 30.1 Å². The Hall–Kier alpha value is -1.33. The number of carboxylic acids is 1. The lowest BCUT2D eigenvalue weighted by molar-refractivity contribution is -0.139. The highest BCUT2D eigenvalue weighted by Gasteiger charge is 2.24. The van der Waals surface area contributed by atoms with Gasteiger partial charge in [0.2, 0.25) is 10.0 Å². The molecule has 11 heteroatoms. The largest absolute Gasteiger partial charge is 0.482 e. The maximum absolute atomic E-state index is 13.0. The first kappa shape index (κ1) is 24.9. The van der Waals surface area contributed by atoms with Crippen molar-refractivity contribution in [3.63, 3.8) is 0 Å². The Bertz CT molecular complexity index is 1000. The van der Waals surface area contributed by atoms with E-state index in [4.69, 9.17) is 21.4 Å². The van der Waals surface area contributed by atoms with E-state index in [0.717, 1.165) is 10.5 Å². The Morgan fingerprint density at radius 2 is 2.07 bits per heavy atom. The number of hydrogen-bond acceptors (Lipinski definition) is 6. The molecule has 0 unspecified atom stereocenters. The molecular formula is C19H22BrClN2O5S2. The molecule has 2 aromatic rings. The maximum atomic E-state index is 13.0. The smallest absolute Gasteiger partial charge is 0.341 e. The molecule has 0 fully saturated rings. The van der Waals surface area contributed by atoms with Crippen LogP contribution in [-0.2, 0) is 14.8 Å². The van der Waals surface area contributed by atoms with Crippen LogP contribution < -0.4 is 4.74 Å². The second-order valence-corrected chi connectivity index (χ2v) is 10.6. The molecule has 0 bridgehead atoms. The highest BCUT2D eigenvalue weighted by Crippen LogP contribution is 2.27. The summed E-state index contributed by atoms with van der Waals surface area (Å²) in [4.78, 5) is 15.6. The lowest BCUT2D eigenvalue weighted by Crippen LogP contribution is -2.34. The quantitative estimate of drug-likeness (QED) is 0.334. The fourth-order valence-electron chi connectivity index (χ4n) is 2.57. The summed E-state index contributed by atoms with van der Waals surface area (Å²) in [7, 11) is -3.69. The van der Waals surface area contributed by atoms with Gasteiger partial charge in [-0.25, -0.2) is 18.2 Å². The van der Waals surface area contributed by atoms with Crippen molar-refractivity contribution in [3.05, 3.63) is 45.7 Å². The van der Waals surface area contributed by atoms with Crippen LogP contribution in [0.1, 0.15) is 18.9 Å². The van der Waals surface area contributed by atoms with Crippen molar-refractivity contribution in [2.24, 2.45) is 0 Å². The van der Waals surface area contributed by atoms with E-state index in [0.29, 0.717) is 35.5 Å². The lowest BCUT2D eigenvalue weighted by Gasteiger charge is -2.21. The molecule has 164 valence electrons. The van der Waals surface area contributed by atoms with E-state index in [1.807, 2.05) is 26.0 Å². The number of sulfonamides is 1. The van der Waals surface area contributed by atoms with Crippen LogP contribution >= 0.6 is 39.3 Å². The molecule has 0 spiro atoms. The van der Waals surface area contributed by atoms with E-state index in [-0.39, 0.29) is 10.0 Å². The van der Waals surface area contributed by atoms with Crippen LogP contribution in [0.15, 0.2) is 44.7 Å². The summed E-state index contributed by atoms with van der Waals surface area (Å²) in [5.74, 6) is 0.0293. The third-order valence-electron chi connectivity index (χ3n) is 3.99. The average molecular weight is 538 g/mol. The summed E-state index contributed by atoms with van der Waals surface area (Å²) < 4.78 is 33.1. The van der Waals surface area contributed by atoms with Gasteiger partial charge in [0.25, 0.3) is 0 Å². The van der Waals surface area contributed by atoms with Gasteiger partial charge in [-0.15, -0.1) is 11.8 Å². The Kier molecular flexibility index (Phi) is 9.42. The molecule has 0 saturated heterocycles. The van der Waals surface area contributed by atoms with Gasteiger partial charge in [-0.2, -0.15) is 4.31 Å². The van der Waals surface area contributed by atoms with Crippen molar-refractivity contribution in [1.29, 1.82) is 0 Å². The molecule has 7 nitrogen and oxygen atoms in total. The minimum Gasteiger partial charge on any atom is -0.482 e. The molecule has 0 aliphatic carbocycles. The average Bonchev–Trinajstić information content (AvgIpc) is 2.68. The third kappa shape index (κ3) is 6.84. The molecule has 30 heavy (non-hydrogen) atoms. The van der Waals surface area contributed by atoms with Crippen molar-refractivity contribution >= 4 is 55.3 Å². The van der Waals surface area contributed by atoms with Crippen LogP contribution in [-0.4, -0.2) is 54.2 Å². The lowest BCUT2D eigenvalue weighted by atomic mass is 10.2. The highest BCUT2D eigenvalue weighted by molar-refractivity contribution is 9.10. The highest BCUT2D eigenvalue weighted by atomic mass is 79.9. The monoisotopic (exact) mass is 536 g/mol. The van der Waals surface area contributed by atoms with Gasteiger partial charge in [0.15, 0.2) is 6.61 Å². The number of hydrogen-bond donors (Lipinski definition) is 1. The number of nitrogens with zero attached hydrogens (tertiary/aromatic N) is 2. The molecule has 0 atom stereocenters. The summed E-state index contributed by atoms with van der Waals surface area (Å²) in [6, 6.07) is 6.90. The Morgan fingerprint density at radius 3 is 2.67 bits per heavy atom. The molecule has 0 radical (unpaired) electrons. The predicted octanol–water partition coefficient (Wildman–Crippen LogP) is 4.46. The molecule has 1 heterocycles. The number of thioether (sulfide) groups is 1. The number of aromatic nitrogens is 1. The number of benzene rings is 1. The SMILES string of the molecule is CCCN(CCSc1ccc(OCC(=O)O)c(C)c1)S(=O)(=O)c1cnc(Cl)c(Br)c1. The van der Waals surface area contributed by atoms with Gasteiger partial charge in [0.1, 0.15) is 15.8 Å². The van der Waals surface area contributed by atoms with Crippen LogP contribution in [0.4, 0.5) is 0 Å². The first-order chi connectivity index (χ1) is 14.1. The number of rotatable bonds is 11. The molecule has 1 N–H and O–H groups in total. The molecule has 0 aliphatic heterocycles. The molecule has 1 aromatic carbocycles. The normalized spacial score (nSPS) is 11.6. The number of pyridine rings is 1. The Labute approximate surface area is 194 Å². The van der Waals surface area contributed by atoms with Crippen LogP contribution in [0.5, 0.6) is 5.75 Å². The van der Waals surface area contributed by atoms with Gasteiger partial charge in [0.05, 0.1) is 4.47 Å². The van der Waals surface area contributed by atoms with E-state index in [2.05, 4.69) is 20.9 Å². The van der Waals surface area contributed by atoms with Crippen molar-refractivity contribution in [2.75, 3.05) is 25.4 Å². The summed E-state index contributed by atoms with van der Waals surface area (Å²) in [6.07, 6.45) is 1.94. The van der Waals surface area contributed by atoms with E-state index in [9.17, 15) is 13.2 Å². The number of halogens is 2. The predicted molar refractivity (Wildman–Crippen MR) is 121 cm³/mol. The summed E-state index contributed by atoms with van der Waals surface area (Å²) in [5, 5.41) is 8.92. The van der Waals surface area contributed by atoms with E-state index in [1.165, 1.54) is 28.3 Å². The van der Waals surface area contributed by atoms with Gasteiger partial charge in [-0.1, -0.05) is 18.5 Å². The van der Waals surface area contributed by atoms with Crippen molar-refractivity contribution < 1.29 is 23.1 Å². The maximum Gasteiger partial charge on any atom is 0.341 e. The Balaban J connectivity index is 2.05. The Morgan fingerprint density at radius 1 is 1.33 bits per heavy atom. The summed E-state index contributed by atoms with van der Waals surface area (Å²) in [5.41, 5.74) is 0.816. The standard InChI is InChI=1S/C19H22BrClN2O5S2/c1-3-6-23(30(26,27)15-10-16(20)19(21)22-11-15)7-8-29-14-4-5-17(13(2)9-14)28-12-18(24)25/h4-5,9-11H,3,6-8,12H2,1-2H3,(H,24,25). The minimum absolute atomic E-state index is 0.0907. The first-order valence-electron chi connectivity index (χ1n) is 9.04. The molecule has 0 saturated carbocycles. The van der Waals surface area contributed by atoms with E-state index in [1.54, 1.807) is 6.07 Å². The number of carboxylic acid groups (broad SMARTS) is 1. The van der Waals surface area contributed by atoms with Crippen molar-refractivity contribution in [3.8, 4) is 5.75 Å². The van der Waals surface area contributed by atoms with Crippen LogP contribution in [0.25, 0.3) is 0 Å². The number of ether oxygens (including phenoxy) is 1. The van der Waals surface area contributed by atoms with Gasteiger partial charge in [-0.3, -0.25) is 0 Å². The molecule has 0 amide bonds. The first-order valence-corrected chi connectivity index (χ1v) is 12.6. The van der Waals surface area contributed by atoms with Gasteiger partial charge < -0.3 is 9.84 Å². The zero-order valence-electron chi connectivity index (χ0n) is 16.5. The van der Waals surface area contributed by atoms with Crippen LogP contribution in [0, 0.1) is 6.92 Å². The second kappa shape index (κ2) is 11.3. The van der Waals surface area contributed by atoms with Crippen LogP contribution in [0.3, 0.4) is 0 Å². The fraction of sp³-hybridized carbons (Fsp3) is 0.368. The number of aliphatic carboxylic acids is 1. The number of aryl methyl sites for hydroxylation is 1. The zero-order valence-corrected chi connectivity index (χ0v) is 20.4. The van der Waals surface area contributed by atoms with E-state index < -0.39 is 22.6 Å². The second-order valence-electron chi connectivity index (χ2n) is 6.31. The van der Waals surface area contributed by atoms with Crippen molar-refractivity contribution in [1.82, 2.24) is 9.29 Å². The van der Waals surface area contributed by atoms with Gasteiger partial charge in [0, 0.05) is 29.9 Å². The van der Waals surface area contributed by atoms with E-state index >= 15 is 0 Å². The third-order valence-corrected chi connectivity index (χ3v) is 7.96. The summed E-state index contributed by atoms with van der Waals surface area (Å²) in [6.45, 7) is 4.08. The zero-order chi connectivity index (χ0) is 22.3. The molecular weight excluding hydrogens is 516 g/mol. The molecule has 0 aliphatic rings. The fourth-order valence-corrected chi connectivity index (χ4v) is 5.77. The molecule has 1 aromatic heterocycles. The number of carbonyl (C=O) groups is 1. The van der Waals surface area contributed by atoms with Gasteiger partial charge >= 0.3 is 5.97 Å². The molecule has 2 rings (SSSR count). The van der Waals surface area contributed by atoms with Crippen LogP contribution in [0.2, 0.25) is 5.15 Å². The minimum atomic E-state index is -3.69.